The summed E-state index contributed by atoms with van der Waals surface area (Å²) in [6.07, 6.45) is 0. The van der Waals surface area contributed by atoms with Crippen LogP contribution in [0.15, 0.2) is 55.6 Å². The highest BCUT2D eigenvalue weighted by Crippen LogP contribution is 2.27. The molecule has 10 heteroatoms. The summed E-state index contributed by atoms with van der Waals surface area (Å²) in [7, 11) is -3.65. The number of halogens is 1. The van der Waals surface area contributed by atoms with Crippen LogP contribution in [0.2, 0.25) is 0 Å². The van der Waals surface area contributed by atoms with E-state index in [0.29, 0.717) is 10.9 Å². The molecule has 0 bridgehead atoms. The minimum absolute atomic E-state index is 0.102. The lowest BCUT2D eigenvalue weighted by atomic mass is 10.2. The molecule has 0 atom stereocenters. The maximum absolute atomic E-state index is 12.2. The summed E-state index contributed by atoms with van der Waals surface area (Å²) in [4.78, 5) is 4.14. The fourth-order valence-electron chi connectivity index (χ4n) is 1.70. The fraction of sp³-hybridized carbons (Fsp3) is 0.0769. The van der Waals surface area contributed by atoms with Gasteiger partial charge in [0.05, 0.1) is 3.79 Å². The molecule has 6 nitrogen and oxygen atoms in total. The van der Waals surface area contributed by atoms with Crippen molar-refractivity contribution in [3.05, 3.63) is 51.8 Å². The Hall–Kier alpha value is -1.36. The summed E-state index contributed by atoms with van der Waals surface area (Å²) in [6.45, 7) is 0. The van der Waals surface area contributed by atoms with Gasteiger partial charge in [0.25, 0.3) is 10.0 Å². The molecule has 0 aliphatic heterocycles. The van der Waals surface area contributed by atoms with Crippen molar-refractivity contribution in [2.45, 2.75) is 15.1 Å². The van der Waals surface area contributed by atoms with Gasteiger partial charge >= 0.3 is 0 Å². The Morgan fingerprint density at radius 3 is 2.70 bits per heavy atom. The minimum atomic E-state index is -3.65. The van der Waals surface area contributed by atoms with Gasteiger partial charge in [-0.25, -0.2) is 18.2 Å². The molecule has 0 spiro atoms. The lowest BCUT2D eigenvalue weighted by Gasteiger charge is -2.01. The summed E-state index contributed by atoms with van der Waals surface area (Å²) < 4.78 is 27.7. The second-order valence-corrected chi connectivity index (χ2v) is 9.72. The molecule has 3 aromatic rings. The first kappa shape index (κ1) is 16.5. The third-order valence-corrected chi connectivity index (χ3v) is 7.09. The van der Waals surface area contributed by atoms with Gasteiger partial charge in [-0.05, 0) is 33.6 Å². The summed E-state index contributed by atoms with van der Waals surface area (Å²) in [6, 6.07) is 13.1. The van der Waals surface area contributed by atoms with Crippen LogP contribution in [0.1, 0.15) is 5.56 Å². The number of hydrogen-bond donors (Lipinski definition) is 2. The number of nitrogens with one attached hydrogen (secondary N) is 2. The molecule has 0 saturated carbocycles. The smallest absolute Gasteiger partial charge is 0.247 e. The molecule has 0 unspecified atom stereocenters. The molecular formula is C13H11BrN4O2S3. The number of sulfonamides is 1. The van der Waals surface area contributed by atoms with Crippen LogP contribution >= 0.6 is 39.0 Å². The molecule has 2 N–H and O–H groups in total. The lowest BCUT2D eigenvalue weighted by Crippen LogP contribution is -2.12. The van der Waals surface area contributed by atoms with Gasteiger partial charge in [-0.1, -0.05) is 42.1 Å². The first-order valence-corrected chi connectivity index (χ1v) is 10.5. The van der Waals surface area contributed by atoms with E-state index in [1.54, 1.807) is 6.07 Å². The largest absolute Gasteiger partial charge is 0.273 e. The molecule has 0 saturated heterocycles. The number of aromatic nitrogens is 3. The Morgan fingerprint density at radius 2 is 2.00 bits per heavy atom. The molecule has 1 aromatic carbocycles. The molecule has 0 radical (unpaired) electrons. The van der Waals surface area contributed by atoms with Crippen molar-refractivity contribution in [1.82, 2.24) is 15.2 Å². The summed E-state index contributed by atoms with van der Waals surface area (Å²) in [5, 5.41) is 7.09. The van der Waals surface area contributed by atoms with Crippen LogP contribution in [0.25, 0.3) is 0 Å². The van der Waals surface area contributed by atoms with Crippen LogP contribution in [-0.2, 0) is 15.8 Å². The maximum atomic E-state index is 12.2. The zero-order chi connectivity index (χ0) is 16.3. The van der Waals surface area contributed by atoms with Gasteiger partial charge in [0.15, 0.2) is 0 Å². The molecule has 0 aliphatic rings. The Labute approximate surface area is 149 Å². The van der Waals surface area contributed by atoms with Gasteiger partial charge in [-0.2, -0.15) is 4.98 Å². The van der Waals surface area contributed by atoms with Gasteiger partial charge < -0.3 is 0 Å². The van der Waals surface area contributed by atoms with Crippen LogP contribution in [0.4, 0.5) is 5.95 Å². The Kier molecular flexibility index (Phi) is 5.05. The van der Waals surface area contributed by atoms with E-state index in [0.717, 1.165) is 20.7 Å². The van der Waals surface area contributed by atoms with Crippen LogP contribution < -0.4 is 4.72 Å². The predicted octanol–water partition coefficient (Wildman–Crippen LogP) is 3.72. The van der Waals surface area contributed by atoms with E-state index in [9.17, 15) is 8.42 Å². The van der Waals surface area contributed by atoms with Crippen molar-refractivity contribution in [2.24, 2.45) is 0 Å². The van der Waals surface area contributed by atoms with Gasteiger partial charge in [0.2, 0.25) is 11.1 Å². The van der Waals surface area contributed by atoms with E-state index in [1.807, 2.05) is 30.3 Å². The summed E-state index contributed by atoms with van der Waals surface area (Å²) in [5.74, 6) is 0.813. The first-order chi connectivity index (χ1) is 11.0. The molecule has 23 heavy (non-hydrogen) atoms. The van der Waals surface area contributed by atoms with Gasteiger partial charge in [-0.15, -0.1) is 16.4 Å². The number of aromatic amines is 1. The highest BCUT2D eigenvalue weighted by molar-refractivity contribution is 9.11. The van der Waals surface area contributed by atoms with Crippen molar-refractivity contribution in [3.8, 4) is 0 Å². The van der Waals surface area contributed by atoms with Gasteiger partial charge in [0.1, 0.15) is 4.21 Å². The van der Waals surface area contributed by atoms with E-state index in [2.05, 4.69) is 35.8 Å². The molecule has 2 aromatic heterocycles. The van der Waals surface area contributed by atoms with E-state index in [-0.39, 0.29) is 10.2 Å². The number of hydrogen-bond acceptors (Lipinski definition) is 6. The van der Waals surface area contributed by atoms with Crippen molar-refractivity contribution < 1.29 is 8.42 Å². The Morgan fingerprint density at radius 1 is 1.22 bits per heavy atom. The lowest BCUT2D eigenvalue weighted by molar-refractivity contribution is 0.602. The van der Waals surface area contributed by atoms with Gasteiger partial charge in [0, 0.05) is 5.75 Å². The number of nitrogens with zero attached hydrogens (tertiary/aromatic N) is 2. The first-order valence-electron chi connectivity index (χ1n) is 6.40. The number of H-pyrrole nitrogens is 1. The minimum Gasteiger partial charge on any atom is -0.247 e. The Bertz CT molecular complexity index is 893. The highest BCUT2D eigenvalue weighted by atomic mass is 79.9. The quantitative estimate of drug-likeness (QED) is 0.581. The average Bonchev–Trinajstić information content (AvgIpc) is 3.15. The molecule has 2 heterocycles. The van der Waals surface area contributed by atoms with Crippen LogP contribution in [-0.4, -0.2) is 23.6 Å². The molecule has 0 aliphatic carbocycles. The second-order valence-electron chi connectivity index (χ2n) is 4.40. The third kappa shape index (κ3) is 4.34. The number of thioether (sulfide) groups is 1. The zero-order valence-electron chi connectivity index (χ0n) is 11.6. The maximum Gasteiger partial charge on any atom is 0.273 e. The van der Waals surface area contributed by atoms with Crippen molar-refractivity contribution in [1.29, 1.82) is 0 Å². The third-order valence-electron chi connectivity index (χ3n) is 2.72. The summed E-state index contributed by atoms with van der Waals surface area (Å²) in [5.41, 5.74) is 1.15. The molecule has 120 valence electrons. The standard InChI is InChI=1S/C13H11BrN4O2S3/c14-10-6-7-11(22-10)23(19,20)18-12-15-13(17-16-12)21-8-9-4-2-1-3-5-9/h1-7H,8H2,(H2,15,16,17,18). The SMILES string of the molecule is O=S(=O)(Nc1nc(SCc2ccccc2)n[nH]1)c1ccc(Br)s1. The molecule has 0 fully saturated rings. The predicted molar refractivity (Wildman–Crippen MR) is 95.2 cm³/mol. The monoisotopic (exact) mass is 430 g/mol. The molecular weight excluding hydrogens is 420 g/mol. The Balaban J connectivity index is 1.65. The molecule has 3 rings (SSSR count). The van der Waals surface area contributed by atoms with Gasteiger partial charge in [-0.3, -0.25) is 0 Å². The highest BCUT2D eigenvalue weighted by Gasteiger charge is 2.18. The number of benzene rings is 1. The topological polar surface area (TPSA) is 87.7 Å². The fourth-order valence-corrected chi connectivity index (χ4v) is 5.42. The van der Waals surface area contributed by atoms with E-state index >= 15 is 0 Å². The normalized spacial score (nSPS) is 11.5. The van der Waals surface area contributed by atoms with Crippen molar-refractivity contribution in [3.63, 3.8) is 0 Å². The van der Waals surface area contributed by atoms with Crippen LogP contribution in [0, 0.1) is 0 Å². The number of thiophene rings is 1. The van der Waals surface area contributed by atoms with E-state index in [1.165, 1.54) is 17.8 Å². The van der Waals surface area contributed by atoms with Crippen LogP contribution in [0.5, 0.6) is 0 Å². The molecule has 0 amide bonds. The van der Waals surface area contributed by atoms with Crippen LogP contribution in [0.3, 0.4) is 0 Å². The van der Waals surface area contributed by atoms with Crippen molar-refractivity contribution in [2.75, 3.05) is 4.72 Å². The number of rotatable bonds is 6. The zero-order valence-corrected chi connectivity index (χ0v) is 15.6. The second kappa shape index (κ2) is 7.04. The average molecular weight is 431 g/mol. The summed E-state index contributed by atoms with van der Waals surface area (Å²) >= 11 is 5.80. The van der Waals surface area contributed by atoms with E-state index in [4.69, 9.17) is 0 Å². The van der Waals surface area contributed by atoms with E-state index < -0.39 is 10.0 Å². The number of anilines is 1. The van der Waals surface area contributed by atoms with Crippen molar-refractivity contribution >= 4 is 55.0 Å².